The Morgan fingerprint density at radius 3 is 0.735 bits per heavy atom. The molecular weight excluding hydrogens is 841 g/mol. The fourth-order valence-corrected chi connectivity index (χ4v) is 8.38. The van der Waals surface area contributed by atoms with Gasteiger partial charge in [0.2, 0.25) is 22.7 Å². The van der Waals surface area contributed by atoms with Crippen LogP contribution in [0.25, 0.3) is 55.8 Å². The van der Waals surface area contributed by atoms with Gasteiger partial charge in [-0.2, -0.15) is 18.3 Å². The molecular formula is C60H42N4O4+4. The summed E-state index contributed by atoms with van der Waals surface area (Å²) in [4.78, 5) is 0. The summed E-state index contributed by atoms with van der Waals surface area (Å²) in [6.07, 6.45) is 16.6. The van der Waals surface area contributed by atoms with Gasteiger partial charge in [0.25, 0.3) is 0 Å². The van der Waals surface area contributed by atoms with E-state index in [0.29, 0.717) is 11.5 Å². The lowest BCUT2D eigenvalue weighted by Gasteiger charge is -2.10. The van der Waals surface area contributed by atoms with Gasteiger partial charge in [0.05, 0.1) is 0 Å². The van der Waals surface area contributed by atoms with Crippen LogP contribution in [0.15, 0.2) is 256 Å². The molecule has 0 unspecified atom stereocenters. The molecule has 322 valence electrons. The lowest BCUT2D eigenvalue weighted by atomic mass is 10.1. The number of rotatable bonds is 0. The minimum atomic E-state index is 0.687. The predicted molar refractivity (Wildman–Crippen MR) is 261 cm³/mol. The molecule has 0 saturated carbocycles. The zero-order valence-electron chi connectivity index (χ0n) is 36.7. The number of pyridine rings is 4. The van der Waals surface area contributed by atoms with Gasteiger partial charge in [-0.3, -0.25) is 0 Å². The molecule has 0 fully saturated rings. The maximum atomic E-state index is 6.33. The standard InChI is InChI=1S/C60H42N4O4/c1-2-57-42-58(3-1)66-54-18-8-50(9-19-54)62-34-26-45(27-35-62)47-30-38-64(39-31-47)52-12-22-56(23-13-52)68-60-15-5-43-4-14-59(40-48(43)41-60)67-55-20-10-51(11-21-55)63-36-28-46(29-37-63)44-24-32-61(33-25-44)49-6-16-53(65-57)17-7-49/h1-42H/q+4. The molecule has 0 spiro atoms. The molecule has 0 amide bonds. The second-order valence-electron chi connectivity index (χ2n) is 16.5. The molecule has 4 aromatic heterocycles. The van der Waals surface area contributed by atoms with Crippen molar-refractivity contribution in [1.29, 1.82) is 0 Å². The van der Waals surface area contributed by atoms with Gasteiger partial charge in [-0.05, 0) is 118 Å². The number of hydrogen-bond donors (Lipinski definition) is 0. The highest BCUT2D eigenvalue weighted by molar-refractivity contribution is 5.85. The lowest BCUT2D eigenvalue weighted by molar-refractivity contribution is -0.596. The third kappa shape index (κ3) is 8.60. The van der Waals surface area contributed by atoms with Gasteiger partial charge >= 0.3 is 0 Å². The molecule has 0 atom stereocenters. The number of nitrogens with zero attached hydrogens (tertiary/aromatic N) is 4. The molecule has 24 rings (SSSR count). The lowest BCUT2D eigenvalue weighted by Crippen LogP contribution is -2.29. The van der Waals surface area contributed by atoms with Crippen LogP contribution in [0.1, 0.15) is 0 Å². The maximum Gasteiger partial charge on any atom is 0.210 e. The smallest absolute Gasteiger partial charge is 0.210 e. The van der Waals surface area contributed by atoms with Crippen molar-refractivity contribution in [2.45, 2.75) is 0 Å². The third-order valence-corrected chi connectivity index (χ3v) is 12.1. The highest BCUT2D eigenvalue weighted by Gasteiger charge is 2.14. The van der Waals surface area contributed by atoms with Gasteiger partial charge in [0, 0.05) is 103 Å². The minimum absolute atomic E-state index is 0.687. The van der Waals surface area contributed by atoms with E-state index >= 15 is 0 Å². The van der Waals surface area contributed by atoms with Crippen LogP contribution in [0.3, 0.4) is 0 Å². The summed E-state index contributed by atoms with van der Waals surface area (Å²) in [5.74, 6) is 5.85. The summed E-state index contributed by atoms with van der Waals surface area (Å²) in [6.45, 7) is 0. The van der Waals surface area contributed by atoms with E-state index in [2.05, 4.69) is 153 Å². The van der Waals surface area contributed by atoms with E-state index < -0.39 is 0 Å². The first-order valence-corrected chi connectivity index (χ1v) is 22.4. The van der Waals surface area contributed by atoms with Crippen molar-refractivity contribution in [2.75, 3.05) is 0 Å². The van der Waals surface area contributed by atoms with Crippen LogP contribution in [0.2, 0.25) is 0 Å². The molecule has 0 saturated heterocycles. The molecule has 8 nitrogen and oxygen atoms in total. The van der Waals surface area contributed by atoms with Gasteiger partial charge < -0.3 is 18.9 Å². The maximum absolute atomic E-state index is 6.33. The fraction of sp³-hybridized carbons (Fsp3) is 0. The van der Waals surface area contributed by atoms with Crippen LogP contribution in [-0.2, 0) is 0 Å². The highest BCUT2D eigenvalue weighted by atomic mass is 16.5. The zero-order valence-corrected chi connectivity index (χ0v) is 36.7. The summed E-state index contributed by atoms with van der Waals surface area (Å²) in [5.41, 5.74) is 8.60. The van der Waals surface area contributed by atoms with Gasteiger partial charge in [-0.15, -0.1) is 0 Å². The molecule has 13 aliphatic rings. The van der Waals surface area contributed by atoms with E-state index in [0.717, 1.165) is 90.3 Å². The largest absolute Gasteiger partial charge is 0.457 e. The van der Waals surface area contributed by atoms with E-state index in [1.165, 1.54) is 0 Å². The molecule has 68 heavy (non-hydrogen) atoms. The van der Waals surface area contributed by atoms with Crippen molar-refractivity contribution in [1.82, 2.24) is 0 Å². The van der Waals surface area contributed by atoms with Crippen LogP contribution < -0.4 is 37.2 Å². The summed E-state index contributed by atoms with van der Waals surface area (Å²) in [7, 11) is 0. The van der Waals surface area contributed by atoms with E-state index in [9.17, 15) is 0 Å². The van der Waals surface area contributed by atoms with Crippen molar-refractivity contribution in [3.63, 3.8) is 0 Å². The Bertz CT molecular complexity index is 3310. The quantitative estimate of drug-likeness (QED) is 0.142. The predicted octanol–water partition coefficient (Wildman–Crippen LogP) is 12.8. The fourth-order valence-electron chi connectivity index (χ4n) is 8.38. The van der Waals surface area contributed by atoms with Gasteiger partial charge in [0.15, 0.2) is 49.6 Å². The molecule has 0 radical (unpaired) electrons. The van der Waals surface area contributed by atoms with Crippen molar-refractivity contribution in [3.05, 3.63) is 256 Å². The zero-order chi connectivity index (χ0) is 45.2. The highest BCUT2D eigenvalue weighted by Crippen LogP contribution is 2.32. The van der Waals surface area contributed by atoms with Gasteiger partial charge in [0.1, 0.15) is 46.0 Å². The summed E-state index contributed by atoms with van der Waals surface area (Å²) >= 11 is 0. The molecule has 21 bridgehead atoms. The molecule has 0 N–H and O–H groups in total. The van der Waals surface area contributed by atoms with Crippen molar-refractivity contribution < 1.29 is 37.2 Å². The van der Waals surface area contributed by atoms with Gasteiger partial charge in [-0.1, -0.05) is 18.2 Å². The summed E-state index contributed by atoms with van der Waals surface area (Å²) < 4.78 is 33.5. The third-order valence-electron chi connectivity index (χ3n) is 12.1. The van der Waals surface area contributed by atoms with Crippen LogP contribution in [0.5, 0.6) is 46.0 Å². The Labute approximate surface area is 393 Å². The molecule has 8 heteroatoms. The van der Waals surface area contributed by atoms with Crippen molar-refractivity contribution >= 4 is 10.8 Å². The van der Waals surface area contributed by atoms with Crippen molar-refractivity contribution in [3.8, 4) is 91.0 Å². The average Bonchev–Trinajstić information content (AvgIpc) is 3.40. The first kappa shape index (κ1) is 40.1. The van der Waals surface area contributed by atoms with E-state index in [4.69, 9.17) is 18.9 Å². The van der Waals surface area contributed by atoms with Crippen molar-refractivity contribution in [2.24, 2.45) is 0 Å². The minimum Gasteiger partial charge on any atom is -0.457 e. The second-order valence-corrected chi connectivity index (χ2v) is 16.5. The Morgan fingerprint density at radius 1 is 0.206 bits per heavy atom. The first-order chi connectivity index (χ1) is 33.6. The van der Waals surface area contributed by atoms with Crippen LogP contribution >= 0.6 is 0 Å². The molecule has 13 aliphatic heterocycles. The number of benzene rings is 7. The molecule has 7 aromatic carbocycles. The molecule has 11 aromatic rings. The van der Waals surface area contributed by atoms with E-state index in [-0.39, 0.29) is 0 Å². The number of hydrogen-bond acceptors (Lipinski definition) is 4. The Hall–Kier alpha value is -9.40. The Kier molecular flexibility index (Phi) is 10.3. The Morgan fingerprint density at radius 2 is 0.456 bits per heavy atom. The number of ether oxygens (including phenoxy) is 4. The normalized spacial score (nSPS) is 11.7. The number of aromatic nitrogens is 4. The second kappa shape index (κ2) is 17.5. The van der Waals surface area contributed by atoms with E-state index in [1.807, 2.05) is 121 Å². The molecule has 17 heterocycles. The molecule has 0 aliphatic carbocycles. The summed E-state index contributed by atoms with van der Waals surface area (Å²) in [6, 6.07) is 69.3. The topological polar surface area (TPSA) is 52.4 Å². The first-order valence-electron chi connectivity index (χ1n) is 22.4. The van der Waals surface area contributed by atoms with Crippen LogP contribution in [0.4, 0.5) is 0 Å². The SMILES string of the molecule is c1cc2cc(c1)Oc1ccc(cc1)-[n+]1ccc(cc1)-c1cc[n+](cc1)-c1ccc(cc1)Oc1ccc3ccc(cc3c1)Oc1ccc(cc1)-[n+]1ccc(cc1)-c1cc[n+](cc1)-c1ccc(cc1)O2. The van der Waals surface area contributed by atoms with Crippen LogP contribution in [-0.4, -0.2) is 0 Å². The summed E-state index contributed by atoms with van der Waals surface area (Å²) in [5, 5.41) is 2.12. The monoisotopic (exact) mass is 882 g/mol. The Balaban J connectivity index is 0.816. The van der Waals surface area contributed by atoms with Gasteiger partial charge in [-0.25, -0.2) is 0 Å². The average molecular weight is 883 g/mol. The van der Waals surface area contributed by atoms with Crippen LogP contribution in [0, 0.1) is 0 Å². The van der Waals surface area contributed by atoms with E-state index in [1.54, 1.807) is 0 Å².